The minimum absolute atomic E-state index is 0.775. The number of nitriles is 2. The highest BCUT2D eigenvalue weighted by molar-refractivity contribution is 5.03. The van der Waals surface area contributed by atoms with E-state index in [0.29, 0.717) is 0 Å². The fourth-order valence-corrected chi connectivity index (χ4v) is 0.983. The minimum Gasteiger partial charge on any atom is -0.337 e. The van der Waals surface area contributed by atoms with Crippen molar-refractivity contribution in [3.05, 3.63) is 30.1 Å². The number of aromatic nitrogens is 1. The highest BCUT2D eigenvalue weighted by Crippen LogP contribution is 2.05. The molecule has 5 nitrogen and oxygen atoms in total. The second-order valence-corrected chi connectivity index (χ2v) is 3.51. The fraction of sp³-hybridized carbons (Fsp3) is 0.417. The molecular formula is C12H19N5. The number of rotatable bonds is 3. The van der Waals surface area contributed by atoms with E-state index in [2.05, 4.69) is 36.4 Å². The van der Waals surface area contributed by atoms with Crippen molar-refractivity contribution >= 4 is 0 Å². The van der Waals surface area contributed by atoms with Gasteiger partial charge in [0, 0.05) is 11.9 Å². The Morgan fingerprint density at radius 1 is 1.24 bits per heavy atom. The van der Waals surface area contributed by atoms with Crippen LogP contribution in [0.15, 0.2) is 24.4 Å². The number of nitrogens with two attached hydrogens (primary N) is 2. The third-order valence-electron chi connectivity index (χ3n) is 1.70. The predicted octanol–water partition coefficient (Wildman–Crippen LogP) is 1.52. The van der Waals surface area contributed by atoms with Crippen molar-refractivity contribution in [3.8, 4) is 12.4 Å². The first kappa shape index (κ1) is 17.1. The Kier molecular flexibility index (Phi) is 13.8. The van der Waals surface area contributed by atoms with Gasteiger partial charge in [0.25, 0.3) is 0 Å². The second-order valence-electron chi connectivity index (χ2n) is 3.51. The summed E-state index contributed by atoms with van der Waals surface area (Å²) in [5, 5.41) is 14.2. The van der Waals surface area contributed by atoms with Crippen molar-refractivity contribution in [3.63, 3.8) is 0 Å². The van der Waals surface area contributed by atoms with Crippen LogP contribution in [0.3, 0.4) is 0 Å². The molecule has 17 heavy (non-hydrogen) atoms. The van der Waals surface area contributed by atoms with Crippen LogP contribution in [0.1, 0.15) is 26.0 Å². The van der Waals surface area contributed by atoms with E-state index >= 15 is 0 Å². The maximum atomic E-state index is 7.10. The SMILES string of the molecule is CC(C)CCc1ccccn1.N#CN.N#CN. The zero-order chi connectivity index (χ0) is 13.5. The summed E-state index contributed by atoms with van der Waals surface area (Å²) in [5.41, 5.74) is 9.52. The molecule has 0 aromatic carbocycles. The van der Waals surface area contributed by atoms with Crippen LogP contribution in [0.4, 0.5) is 0 Å². The van der Waals surface area contributed by atoms with E-state index in [1.807, 2.05) is 18.3 Å². The summed E-state index contributed by atoms with van der Waals surface area (Å²) in [4.78, 5) is 4.25. The molecule has 4 N–H and O–H groups in total. The molecule has 0 amide bonds. The van der Waals surface area contributed by atoms with Gasteiger partial charge in [-0.05, 0) is 30.9 Å². The van der Waals surface area contributed by atoms with Crippen molar-refractivity contribution in [2.75, 3.05) is 0 Å². The van der Waals surface area contributed by atoms with E-state index in [4.69, 9.17) is 10.5 Å². The fourth-order valence-electron chi connectivity index (χ4n) is 0.983. The summed E-state index contributed by atoms with van der Waals surface area (Å²) in [6.45, 7) is 4.48. The van der Waals surface area contributed by atoms with Gasteiger partial charge in [-0.1, -0.05) is 19.9 Å². The molecule has 92 valence electrons. The molecule has 0 radical (unpaired) electrons. The number of pyridine rings is 1. The molecule has 1 heterocycles. The molecule has 5 heteroatoms. The second kappa shape index (κ2) is 13.7. The molecule has 0 aliphatic heterocycles. The van der Waals surface area contributed by atoms with Crippen molar-refractivity contribution in [2.24, 2.45) is 17.4 Å². The molecule has 0 unspecified atom stereocenters. The van der Waals surface area contributed by atoms with Gasteiger partial charge in [-0.15, -0.1) is 0 Å². The highest BCUT2D eigenvalue weighted by atomic mass is 14.7. The van der Waals surface area contributed by atoms with Crippen molar-refractivity contribution in [1.82, 2.24) is 4.98 Å². The topological polar surface area (TPSA) is 113 Å². The molecule has 0 aliphatic rings. The lowest BCUT2D eigenvalue weighted by molar-refractivity contribution is 0.581. The smallest absolute Gasteiger partial charge is 0.173 e. The lowest BCUT2D eigenvalue weighted by Crippen LogP contribution is -1.93. The summed E-state index contributed by atoms with van der Waals surface area (Å²) < 4.78 is 0. The molecular weight excluding hydrogens is 214 g/mol. The maximum Gasteiger partial charge on any atom is 0.173 e. The van der Waals surface area contributed by atoms with Crippen LogP contribution in [0.2, 0.25) is 0 Å². The van der Waals surface area contributed by atoms with Crippen molar-refractivity contribution in [1.29, 1.82) is 10.5 Å². The Labute approximate surface area is 103 Å². The normalized spacial score (nSPS) is 7.59. The van der Waals surface area contributed by atoms with Gasteiger partial charge < -0.3 is 11.5 Å². The Hall–Kier alpha value is -2.27. The summed E-state index contributed by atoms with van der Waals surface area (Å²) in [5.74, 6) is 0.775. The lowest BCUT2D eigenvalue weighted by atomic mass is 10.1. The molecule has 0 atom stereocenters. The van der Waals surface area contributed by atoms with Crippen LogP contribution in [-0.2, 0) is 6.42 Å². The monoisotopic (exact) mass is 233 g/mol. The van der Waals surface area contributed by atoms with Gasteiger partial charge in [-0.3, -0.25) is 4.98 Å². The number of aryl methyl sites for hydroxylation is 1. The van der Waals surface area contributed by atoms with Crippen LogP contribution >= 0.6 is 0 Å². The molecule has 1 rings (SSSR count). The summed E-state index contributed by atoms with van der Waals surface area (Å²) in [6, 6.07) is 6.09. The molecule has 1 aromatic heterocycles. The molecule has 0 aliphatic carbocycles. The highest BCUT2D eigenvalue weighted by Gasteiger charge is 1.95. The molecule has 1 aromatic rings. The number of hydrogen-bond acceptors (Lipinski definition) is 5. The van der Waals surface area contributed by atoms with Gasteiger partial charge in [-0.2, -0.15) is 10.5 Å². The lowest BCUT2D eigenvalue weighted by Gasteiger charge is -2.02. The average molecular weight is 233 g/mol. The molecule has 0 saturated heterocycles. The van der Waals surface area contributed by atoms with Crippen molar-refractivity contribution < 1.29 is 0 Å². The average Bonchev–Trinajstić information content (AvgIpc) is 2.30. The van der Waals surface area contributed by atoms with Gasteiger partial charge in [0.15, 0.2) is 12.4 Å². The van der Waals surface area contributed by atoms with Crippen LogP contribution in [-0.4, -0.2) is 4.98 Å². The van der Waals surface area contributed by atoms with Gasteiger partial charge >= 0.3 is 0 Å². The van der Waals surface area contributed by atoms with Crippen LogP contribution in [0.5, 0.6) is 0 Å². The Balaban J connectivity index is 0. The summed E-state index contributed by atoms with van der Waals surface area (Å²) >= 11 is 0. The molecule has 0 saturated carbocycles. The standard InChI is InChI=1S/C10H15N.2CH2N2/c1-9(2)6-7-10-5-3-4-8-11-10;2*2-1-3/h3-5,8-9H,6-7H2,1-2H3;2*2H2. The summed E-state index contributed by atoms with van der Waals surface area (Å²) in [7, 11) is 0. The largest absolute Gasteiger partial charge is 0.337 e. The maximum absolute atomic E-state index is 7.10. The van der Waals surface area contributed by atoms with Gasteiger partial charge in [0.2, 0.25) is 0 Å². The Bertz CT molecular complexity index is 322. The zero-order valence-electron chi connectivity index (χ0n) is 10.3. The number of nitrogens with zero attached hydrogens (tertiary/aromatic N) is 3. The third kappa shape index (κ3) is 16.4. The quantitative estimate of drug-likeness (QED) is 0.607. The zero-order valence-corrected chi connectivity index (χ0v) is 10.3. The van der Waals surface area contributed by atoms with E-state index in [1.165, 1.54) is 24.5 Å². The Morgan fingerprint density at radius 3 is 2.12 bits per heavy atom. The van der Waals surface area contributed by atoms with Gasteiger partial charge in [-0.25, -0.2) is 0 Å². The van der Waals surface area contributed by atoms with E-state index in [-0.39, 0.29) is 0 Å². The van der Waals surface area contributed by atoms with E-state index in [0.717, 1.165) is 12.3 Å². The number of hydrogen-bond donors (Lipinski definition) is 2. The first-order chi connectivity index (χ1) is 8.12. The summed E-state index contributed by atoms with van der Waals surface area (Å²) in [6.07, 6.45) is 6.70. The van der Waals surface area contributed by atoms with E-state index in [9.17, 15) is 0 Å². The van der Waals surface area contributed by atoms with Gasteiger partial charge in [0.05, 0.1) is 0 Å². The third-order valence-corrected chi connectivity index (χ3v) is 1.70. The minimum atomic E-state index is 0.775. The van der Waals surface area contributed by atoms with Crippen LogP contribution in [0.25, 0.3) is 0 Å². The molecule has 0 spiro atoms. The van der Waals surface area contributed by atoms with E-state index in [1.54, 1.807) is 0 Å². The first-order valence-electron chi connectivity index (χ1n) is 5.21. The van der Waals surface area contributed by atoms with Crippen LogP contribution < -0.4 is 11.5 Å². The van der Waals surface area contributed by atoms with Gasteiger partial charge in [0.1, 0.15) is 0 Å². The Morgan fingerprint density at radius 2 is 1.76 bits per heavy atom. The first-order valence-corrected chi connectivity index (χ1v) is 5.21. The van der Waals surface area contributed by atoms with E-state index < -0.39 is 0 Å². The predicted molar refractivity (Wildman–Crippen MR) is 67.0 cm³/mol. The molecule has 0 fully saturated rings. The van der Waals surface area contributed by atoms with Crippen molar-refractivity contribution in [2.45, 2.75) is 26.7 Å². The molecule has 0 bridgehead atoms. The van der Waals surface area contributed by atoms with Crippen LogP contribution in [0, 0.1) is 28.8 Å².